The van der Waals surface area contributed by atoms with Crippen molar-refractivity contribution < 1.29 is 14.3 Å². The third-order valence-corrected chi connectivity index (χ3v) is 2.90. The van der Waals surface area contributed by atoms with E-state index in [9.17, 15) is 4.79 Å². The van der Waals surface area contributed by atoms with E-state index in [0.29, 0.717) is 30.3 Å². The lowest BCUT2D eigenvalue weighted by Crippen LogP contribution is -2.15. The molecule has 1 amide bonds. The molecule has 0 spiro atoms. The molecule has 0 fully saturated rings. The van der Waals surface area contributed by atoms with Gasteiger partial charge in [0, 0.05) is 11.4 Å². The van der Waals surface area contributed by atoms with Crippen LogP contribution >= 0.6 is 0 Å². The van der Waals surface area contributed by atoms with E-state index in [0.717, 1.165) is 5.75 Å². The topological polar surface area (TPSA) is 73.6 Å². The van der Waals surface area contributed by atoms with Crippen LogP contribution in [0.1, 0.15) is 13.3 Å². The van der Waals surface area contributed by atoms with Crippen molar-refractivity contribution in [2.24, 2.45) is 0 Å². The summed E-state index contributed by atoms with van der Waals surface area (Å²) in [5.41, 5.74) is 6.96. The van der Waals surface area contributed by atoms with Gasteiger partial charge in [-0.25, -0.2) is 0 Å². The first-order valence-electron chi connectivity index (χ1n) is 7.18. The molecule has 0 atom stereocenters. The molecule has 22 heavy (non-hydrogen) atoms. The highest BCUT2D eigenvalue weighted by Crippen LogP contribution is 2.17. The highest BCUT2D eigenvalue weighted by atomic mass is 16.5. The average Bonchev–Trinajstić information content (AvgIpc) is 2.49. The number of nitrogen functional groups attached to an aromatic ring is 1. The predicted octanol–water partition coefficient (Wildman–Crippen LogP) is 3.08. The van der Waals surface area contributed by atoms with Gasteiger partial charge in [-0.2, -0.15) is 0 Å². The smallest absolute Gasteiger partial charge is 0.227 e. The van der Waals surface area contributed by atoms with Gasteiger partial charge >= 0.3 is 0 Å². The fourth-order valence-corrected chi connectivity index (χ4v) is 1.90. The fourth-order valence-electron chi connectivity index (χ4n) is 1.90. The molecule has 3 N–H and O–H groups in total. The Balaban J connectivity index is 1.74. The van der Waals surface area contributed by atoms with E-state index in [1.807, 2.05) is 31.2 Å². The minimum Gasteiger partial charge on any atom is -0.494 e. The zero-order valence-electron chi connectivity index (χ0n) is 12.5. The first-order chi connectivity index (χ1) is 10.7. The quantitative estimate of drug-likeness (QED) is 0.771. The molecule has 5 nitrogen and oxygen atoms in total. The van der Waals surface area contributed by atoms with Crippen LogP contribution in [-0.2, 0) is 4.79 Å². The van der Waals surface area contributed by atoms with Gasteiger partial charge in [0.1, 0.15) is 11.5 Å². The Morgan fingerprint density at radius 2 is 1.77 bits per heavy atom. The summed E-state index contributed by atoms with van der Waals surface area (Å²) in [5.74, 6) is 1.39. The Morgan fingerprint density at radius 3 is 2.41 bits per heavy atom. The van der Waals surface area contributed by atoms with Gasteiger partial charge in [-0.05, 0) is 49.4 Å². The summed E-state index contributed by atoms with van der Waals surface area (Å²) < 4.78 is 10.9. The molecule has 0 heterocycles. The second-order valence-corrected chi connectivity index (χ2v) is 4.68. The van der Waals surface area contributed by atoms with E-state index < -0.39 is 0 Å². The summed E-state index contributed by atoms with van der Waals surface area (Å²) in [5, 5.41) is 2.78. The highest BCUT2D eigenvalue weighted by molar-refractivity contribution is 5.91. The monoisotopic (exact) mass is 300 g/mol. The summed E-state index contributed by atoms with van der Waals surface area (Å²) in [6.45, 7) is 2.87. The van der Waals surface area contributed by atoms with Crippen molar-refractivity contribution in [1.29, 1.82) is 0 Å². The van der Waals surface area contributed by atoms with E-state index in [-0.39, 0.29) is 12.3 Å². The van der Waals surface area contributed by atoms with Gasteiger partial charge in [0.15, 0.2) is 0 Å². The number of carbonyl (C=O) groups is 1. The van der Waals surface area contributed by atoms with E-state index >= 15 is 0 Å². The molecule has 2 aromatic carbocycles. The third kappa shape index (κ3) is 5.01. The molecule has 0 aliphatic carbocycles. The van der Waals surface area contributed by atoms with Crippen molar-refractivity contribution in [3.05, 3.63) is 48.5 Å². The van der Waals surface area contributed by atoms with Gasteiger partial charge < -0.3 is 20.5 Å². The van der Waals surface area contributed by atoms with E-state index in [1.165, 1.54) is 0 Å². The zero-order chi connectivity index (χ0) is 15.8. The fraction of sp³-hybridized carbons (Fsp3) is 0.235. The maximum absolute atomic E-state index is 11.8. The van der Waals surface area contributed by atoms with E-state index in [1.54, 1.807) is 24.3 Å². The average molecular weight is 300 g/mol. The molecule has 0 radical (unpaired) electrons. The normalized spacial score (nSPS) is 10.0. The maximum atomic E-state index is 11.8. The molecule has 2 aromatic rings. The van der Waals surface area contributed by atoms with Gasteiger partial charge in [0.2, 0.25) is 5.91 Å². The van der Waals surface area contributed by atoms with Gasteiger partial charge in [0.05, 0.1) is 19.6 Å². The number of nitrogens with one attached hydrogen (secondary N) is 1. The van der Waals surface area contributed by atoms with E-state index in [2.05, 4.69) is 5.32 Å². The molecule has 116 valence electrons. The van der Waals surface area contributed by atoms with Crippen LogP contribution in [0.25, 0.3) is 0 Å². The number of ether oxygens (including phenoxy) is 2. The first kappa shape index (κ1) is 15.7. The largest absolute Gasteiger partial charge is 0.494 e. The molecule has 0 aliphatic rings. The first-order valence-corrected chi connectivity index (χ1v) is 7.18. The van der Waals surface area contributed by atoms with Crippen molar-refractivity contribution in [2.75, 3.05) is 24.3 Å². The summed E-state index contributed by atoms with van der Waals surface area (Å²) >= 11 is 0. The van der Waals surface area contributed by atoms with Crippen LogP contribution in [0.2, 0.25) is 0 Å². The summed E-state index contributed by atoms with van der Waals surface area (Å²) in [7, 11) is 0. The Hall–Kier alpha value is -2.69. The van der Waals surface area contributed by atoms with Gasteiger partial charge in [-0.15, -0.1) is 0 Å². The number of amides is 1. The number of rotatable bonds is 7. The summed E-state index contributed by atoms with van der Waals surface area (Å²) in [6.07, 6.45) is 0.266. The molecule has 0 bridgehead atoms. The number of anilines is 2. The van der Waals surface area contributed by atoms with Crippen molar-refractivity contribution in [3.63, 3.8) is 0 Å². The third-order valence-electron chi connectivity index (χ3n) is 2.90. The van der Waals surface area contributed by atoms with Crippen LogP contribution in [0.3, 0.4) is 0 Å². The van der Waals surface area contributed by atoms with Crippen LogP contribution in [0, 0.1) is 0 Å². The van der Waals surface area contributed by atoms with Crippen molar-refractivity contribution >= 4 is 17.3 Å². The SMILES string of the molecule is CCOc1ccc(OCCC(=O)Nc2cccc(N)c2)cc1. The Labute approximate surface area is 130 Å². The minimum absolute atomic E-state index is 0.114. The lowest BCUT2D eigenvalue weighted by molar-refractivity contribution is -0.116. The van der Waals surface area contributed by atoms with Crippen LogP contribution in [0.15, 0.2) is 48.5 Å². The molecular formula is C17H20N2O3. The number of hydrogen-bond acceptors (Lipinski definition) is 4. The number of carbonyl (C=O) groups excluding carboxylic acids is 1. The van der Waals surface area contributed by atoms with Gasteiger partial charge in [-0.3, -0.25) is 4.79 Å². The summed E-state index contributed by atoms with van der Waals surface area (Å²) in [6, 6.07) is 14.4. The zero-order valence-corrected chi connectivity index (χ0v) is 12.5. The predicted molar refractivity (Wildman–Crippen MR) is 87.2 cm³/mol. The molecule has 0 aliphatic heterocycles. The Morgan fingerprint density at radius 1 is 1.09 bits per heavy atom. The standard InChI is InChI=1S/C17H20N2O3/c1-2-21-15-6-8-16(9-7-15)22-11-10-17(20)19-14-5-3-4-13(18)12-14/h3-9,12H,2,10-11,18H2,1H3,(H,19,20). The second kappa shape index (κ2) is 7.93. The van der Waals surface area contributed by atoms with Crippen molar-refractivity contribution in [1.82, 2.24) is 0 Å². The Bertz CT molecular complexity index is 612. The second-order valence-electron chi connectivity index (χ2n) is 4.68. The number of hydrogen-bond donors (Lipinski definition) is 2. The lowest BCUT2D eigenvalue weighted by Gasteiger charge is -2.08. The molecule has 0 saturated heterocycles. The maximum Gasteiger partial charge on any atom is 0.227 e. The lowest BCUT2D eigenvalue weighted by atomic mass is 10.2. The van der Waals surface area contributed by atoms with Crippen LogP contribution in [-0.4, -0.2) is 19.1 Å². The summed E-state index contributed by atoms with van der Waals surface area (Å²) in [4.78, 5) is 11.8. The van der Waals surface area contributed by atoms with Gasteiger partial charge in [-0.1, -0.05) is 6.07 Å². The van der Waals surface area contributed by atoms with Crippen molar-refractivity contribution in [3.8, 4) is 11.5 Å². The molecular weight excluding hydrogens is 280 g/mol. The van der Waals surface area contributed by atoms with Crippen molar-refractivity contribution in [2.45, 2.75) is 13.3 Å². The molecule has 5 heteroatoms. The number of benzene rings is 2. The van der Waals surface area contributed by atoms with Crippen LogP contribution in [0.5, 0.6) is 11.5 Å². The van der Waals surface area contributed by atoms with Crippen LogP contribution in [0.4, 0.5) is 11.4 Å². The molecule has 2 rings (SSSR count). The minimum atomic E-state index is -0.114. The molecule has 0 unspecified atom stereocenters. The molecule has 0 saturated carbocycles. The van der Waals surface area contributed by atoms with Crippen LogP contribution < -0.4 is 20.5 Å². The number of nitrogens with two attached hydrogens (primary N) is 1. The highest BCUT2D eigenvalue weighted by Gasteiger charge is 2.03. The molecule has 0 aromatic heterocycles. The van der Waals surface area contributed by atoms with Gasteiger partial charge in [0.25, 0.3) is 0 Å². The van der Waals surface area contributed by atoms with E-state index in [4.69, 9.17) is 15.2 Å². The Kier molecular flexibility index (Phi) is 5.65.